The molecule has 74 valence electrons. The Hall–Kier alpha value is 0.0600. The number of rotatable bonds is 1. The quantitative estimate of drug-likeness (QED) is 0.544. The molecule has 0 aliphatic rings. The summed E-state index contributed by atoms with van der Waals surface area (Å²) in [6.07, 6.45) is 1.75. The van der Waals surface area contributed by atoms with E-state index in [0.717, 1.165) is 7.36 Å². The van der Waals surface area contributed by atoms with Crippen LogP contribution in [0.5, 0.6) is 0 Å². The van der Waals surface area contributed by atoms with E-state index >= 15 is 0 Å². The third-order valence-corrected chi connectivity index (χ3v) is 2.00. The van der Waals surface area contributed by atoms with Crippen molar-refractivity contribution in [2.75, 3.05) is 0 Å². The topological polar surface area (TPSA) is 0 Å². The molecule has 0 saturated carbocycles. The molecule has 0 atom stereocenters. The number of benzene rings is 1. The van der Waals surface area contributed by atoms with E-state index < -0.39 is 0 Å². The van der Waals surface area contributed by atoms with Gasteiger partial charge in [0.2, 0.25) is 0 Å². The molecular weight excluding hydrogens is 242 g/mol. The van der Waals surface area contributed by atoms with Gasteiger partial charge in [0, 0.05) is 12.7 Å². The van der Waals surface area contributed by atoms with Crippen LogP contribution >= 0.6 is 32.2 Å². The minimum Gasteiger partial charge on any atom is -0.147 e. The molecule has 0 bridgehead atoms. The molecule has 1 aromatic rings. The lowest BCUT2D eigenvalue weighted by Gasteiger charge is -1.82. The molecule has 0 radical (unpaired) electrons. The Balaban J connectivity index is -0.000000180. The number of allylic oxidation sites excluding steroid dienone is 1. The monoisotopic (exact) mass is 254 g/mol. The van der Waals surface area contributed by atoms with Crippen molar-refractivity contribution in [1.82, 2.24) is 0 Å². The van der Waals surface area contributed by atoms with Gasteiger partial charge in [0.1, 0.15) is 0 Å². The van der Waals surface area contributed by atoms with Gasteiger partial charge in [-0.2, -0.15) is 0 Å². The second-order valence-electron chi connectivity index (χ2n) is 1.84. The average molecular weight is 255 g/mol. The van der Waals surface area contributed by atoms with Crippen LogP contribution < -0.4 is 5.30 Å². The Morgan fingerprint density at radius 2 is 1.62 bits per heavy atom. The summed E-state index contributed by atoms with van der Waals surface area (Å²) in [6.45, 7) is 5.25. The van der Waals surface area contributed by atoms with Crippen molar-refractivity contribution in [3.63, 3.8) is 0 Å². The highest BCUT2D eigenvalue weighted by Crippen LogP contribution is 1.92. The number of halogens is 2. The first kappa shape index (κ1) is 18.8. The molecule has 4 heteroatoms. The summed E-state index contributed by atoms with van der Waals surface area (Å²) < 4.78 is 0. The molecule has 0 aromatic heterocycles. The maximum Gasteiger partial charge on any atom is 0.0127 e. The van der Waals surface area contributed by atoms with E-state index in [2.05, 4.69) is 6.58 Å². The van der Waals surface area contributed by atoms with Crippen molar-refractivity contribution in [3.05, 3.63) is 43.0 Å². The van der Waals surface area contributed by atoms with Crippen LogP contribution in [0, 0.1) is 0 Å². The summed E-state index contributed by atoms with van der Waals surface area (Å²) in [5, 5.41) is 1.20. The van der Waals surface area contributed by atoms with Gasteiger partial charge in [-0.25, -0.2) is 0 Å². The maximum absolute atomic E-state index is 4.79. The molecule has 1 aromatic carbocycles. The van der Waals surface area contributed by atoms with Crippen LogP contribution in [0.3, 0.4) is 0 Å². The molecule has 0 N–H and O–H groups in total. The molecule has 0 aliphatic heterocycles. The van der Waals surface area contributed by atoms with Gasteiger partial charge in [0.05, 0.1) is 0 Å². The van der Waals surface area contributed by atoms with Gasteiger partial charge >= 0.3 is 0 Å². The Morgan fingerprint density at radius 1 is 1.23 bits per heavy atom. The minimum atomic E-state index is 0. The molecule has 0 saturated heterocycles. The van der Waals surface area contributed by atoms with E-state index in [1.54, 1.807) is 6.08 Å². The molecule has 0 fully saturated rings. The van der Waals surface area contributed by atoms with Gasteiger partial charge in [-0.15, -0.1) is 31.4 Å². The lowest BCUT2D eigenvalue weighted by Crippen LogP contribution is -1.84. The predicted molar refractivity (Wildman–Crippen MR) is 70.7 cm³/mol. The lowest BCUT2D eigenvalue weighted by molar-refractivity contribution is 1.78. The third-order valence-electron chi connectivity index (χ3n) is 0.862. The van der Waals surface area contributed by atoms with Gasteiger partial charge in [0.15, 0.2) is 0 Å². The zero-order chi connectivity index (χ0) is 8.53. The van der Waals surface area contributed by atoms with Crippen LogP contribution in [0.15, 0.2) is 43.0 Å². The zero-order valence-corrected chi connectivity index (χ0v) is 10.7. The maximum atomic E-state index is 4.79. The molecule has 0 amide bonds. The van der Waals surface area contributed by atoms with Crippen LogP contribution in [-0.2, 0) is 11.8 Å². The van der Waals surface area contributed by atoms with Crippen molar-refractivity contribution in [2.45, 2.75) is 6.92 Å². The molecule has 0 spiro atoms. The molecule has 0 unspecified atom stereocenters. The molecule has 1 rings (SSSR count). The van der Waals surface area contributed by atoms with Crippen molar-refractivity contribution >= 4 is 49.3 Å². The fraction of sp³-hybridized carbons (Fsp3) is 0.111. The summed E-state index contributed by atoms with van der Waals surface area (Å²) in [4.78, 5) is 0. The highest BCUT2D eigenvalue weighted by Gasteiger charge is 1.78. The minimum absolute atomic E-state index is 0. The SMILES string of the molecule is C=CC.Cl.Cl.S=Pc1ccccc1. The van der Waals surface area contributed by atoms with Gasteiger partial charge in [-0.05, 0) is 19.1 Å². The van der Waals surface area contributed by atoms with E-state index in [1.807, 2.05) is 37.3 Å². The lowest BCUT2D eigenvalue weighted by atomic mass is 10.4. The fourth-order valence-electron chi connectivity index (χ4n) is 0.489. The van der Waals surface area contributed by atoms with Crippen LogP contribution in [0.1, 0.15) is 6.92 Å². The summed E-state index contributed by atoms with van der Waals surface area (Å²) >= 11 is 4.79. The van der Waals surface area contributed by atoms with Gasteiger partial charge in [-0.3, -0.25) is 0 Å². The Bertz CT molecular complexity index is 214. The second kappa shape index (κ2) is 14.6. The van der Waals surface area contributed by atoms with Crippen LogP contribution in [-0.4, -0.2) is 0 Å². The van der Waals surface area contributed by atoms with Crippen LogP contribution in [0.4, 0.5) is 0 Å². The van der Waals surface area contributed by atoms with E-state index in [4.69, 9.17) is 11.8 Å². The van der Waals surface area contributed by atoms with E-state index in [-0.39, 0.29) is 24.8 Å². The predicted octanol–water partition coefficient (Wildman–Crippen LogP) is 3.76. The van der Waals surface area contributed by atoms with Gasteiger partial charge in [-0.1, -0.05) is 36.1 Å². The average Bonchev–Trinajstić information content (AvgIpc) is 2.08. The third kappa shape index (κ3) is 12.1. The van der Waals surface area contributed by atoms with E-state index in [1.165, 1.54) is 5.30 Å². The van der Waals surface area contributed by atoms with Crippen molar-refractivity contribution < 1.29 is 0 Å². The van der Waals surface area contributed by atoms with Crippen molar-refractivity contribution in [3.8, 4) is 0 Å². The Kier molecular flexibility index (Phi) is 21.0. The first-order valence-electron chi connectivity index (χ1n) is 3.30. The summed E-state index contributed by atoms with van der Waals surface area (Å²) in [6, 6.07) is 10.0. The zero-order valence-electron chi connectivity index (χ0n) is 7.34. The van der Waals surface area contributed by atoms with Crippen molar-refractivity contribution in [2.24, 2.45) is 0 Å². The second-order valence-corrected chi connectivity index (χ2v) is 3.08. The highest BCUT2D eigenvalue weighted by molar-refractivity contribution is 7.99. The Labute approximate surface area is 99.1 Å². The standard InChI is InChI=1S/C6H5PS.C3H6.2ClH/c8-7-6-4-2-1-3-5-6;1-3-2;;/h1-5H;3H,1H2,2H3;2*1H. The number of hydrogen-bond acceptors (Lipinski definition) is 1. The summed E-state index contributed by atoms with van der Waals surface area (Å²) in [5.74, 6) is 0. The van der Waals surface area contributed by atoms with Crippen molar-refractivity contribution in [1.29, 1.82) is 0 Å². The normalized spacial score (nSPS) is 6.85. The molecule has 0 heterocycles. The fourth-order valence-corrected chi connectivity index (χ4v) is 1.15. The van der Waals surface area contributed by atoms with E-state index in [9.17, 15) is 0 Å². The molecule has 0 aliphatic carbocycles. The summed E-state index contributed by atoms with van der Waals surface area (Å²) in [7, 11) is 0.933. The molecule has 0 nitrogen and oxygen atoms in total. The van der Waals surface area contributed by atoms with Crippen LogP contribution in [0.25, 0.3) is 0 Å². The molecular formula is C9H13Cl2PS. The smallest absolute Gasteiger partial charge is 0.0127 e. The first-order chi connectivity index (χ1) is 5.35. The van der Waals surface area contributed by atoms with Crippen LogP contribution in [0.2, 0.25) is 0 Å². The van der Waals surface area contributed by atoms with Gasteiger partial charge in [0.25, 0.3) is 0 Å². The number of hydrogen-bond donors (Lipinski definition) is 0. The Morgan fingerprint density at radius 3 is 1.85 bits per heavy atom. The largest absolute Gasteiger partial charge is 0.147 e. The van der Waals surface area contributed by atoms with E-state index in [0.29, 0.717) is 0 Å². The molecule has 13 heavy (non-hydrogen) atoms. The summed E-state index contributed by atoms with van der Waals surface area (Å²) in [5.41, 5.74) is 0. The first-order valence-corrected chi connectivity index (χ1v) is 5.21. The van der Waals surface area contributed by atoms with Gasteiger partial charge < -0.3 is 0 Å². The highest BCUT2D eigenvalue weighted by atomic mass is 35.5.